The van der Waals surface area contributed by atoms with Crippen molar-refractivity contribution in [2.24, 2.45) is 5.73 Å². The highest BCUT2D eigenvalue weighted by atomic mass is 16.5. The van der Waals surface area contributed by atoms with Gasteiger partial charge in [0.25, 0.3) is 5.91 Å². The fourth-order valence-electron chi connectivity index (χ4n) is 1.66. The van der Waals surface area contributed by atoms with Gasteiger partial charge >= 0.3 is 6.03 Å². The highest BCUT2D eigenvalue weighted by molar-refractivity contribution is 5.95. The topological polar surface area (TPSA) is 81.4 Å². The number of primary amides is 1. The number of para-hydroxylation sites is 1. The van der Waals surface area contributed by atoms with Gasteiger partial charge < -0.3 is 10.5 Å². The van der Waals surface area contributed by atoms with E-state index in [-0.39, 0.29) is 5.41 Å². The van der Waals surface area contributed by atoms with Crippen molar-refractivity contribution in [1.29, 1.82) is 0 Å². The van der Waals surface area contributed by atoms with Crippen LogP contribution in [0.25, 0.3) is 0 Å². The number of rotatable bonds is 3. The molecule has 1 aromatic rings. The third-order valence-corrected chi connectivity index (χ3v) is 2.61. The van der Waals surface area contributed by atoms with Crippen LogP contribution in [0.4, 0.5) is 4.79 Å². The first-order valence-corrected chi connectivity index (χ1v) is 6.08. The van der Waals surface area contributed by atoms with Gasteiger partial charge in [0.05, 0.1) is 0 Å². The van der Waals surface area contributed by atoms with E-state index in [0.29, 0.717) is 5.75 Å². The van der Waals surface area contributed by atoms with E-state index in [9.17, 15) is 9.59 Å². The van der Waals surface area contributed by atoms with Crippen molar-refractivity contribution >= 4 is 11.9 Å². The normalized spacial score (nSPS) is 12.6. The Hall–Kier alpha value is -2.04. The summed E-state index contributed by atoms with van der Waals surface area (Å²) in [7, 11) is 0. The second-order valence-corrected chi connectivity index (χ2v) is 5.36. The zero-order chi connectivity index (χ0) is 14.6. The molecule has 0 heterocycles. The van der Waals surface area contributed by atoms with E-state index in [0.717, 1.165) is 5.56 Å². The van der Waals surface area contributed by atoms with Gasteiger partial charge in [0.1, 0.15) is 5.75 Å². The Labute approximate surface area is 113 Å². The maximum Gasteiger partial charge on any atom is 0.318 e. The van der Waals surface area contributed by atoms with Crippen LogP contribution in [0.15, 0.2) is 24.3 Å². The molecule has 5 nitrogen and oxygen atoms in total. The summed E-state index contributed by atoms with van der Waals surface area (Å²) in [6.45, 7) is 7.74. The van der Waals surface area contributed by atoms with Gasteiger partial charge in [-0.2, -0.15) is 0 Å². The molecule has 1 aromatic carbocycles. The Morgan fingerprint density at radius 3 is 2.37 bits per heavy atom. The minimum absolute atomic E-state index is 0.101. The molecule has 1 rings (SSSR count). The zero-order valence-electron chi connectivity index (χ0n) is 11.7. The van der Waals surface area contributed by atoms with E-state index in [2.05, 4.69) is 20.8 Å². The quantitative estimate of drug-likeness (QED) is 0.875. The van der Waals surface area contributed by atoms with Crippen LogP contribution in [0.2, 0.25) is 0 Å². The molecule has 1 atom stereocenters. The smallest absolute Gasteiger partial charge is 0.318 e. The minimum atomic E-state index is -0.885. The summed E-state index contributed by atoms with van der Waals surface area (Å²) >= 11 is 0. The van der Waals surface area contributed by atoms with Crippen molar-refractivity contribution < 1.29 is 14.3 Å². The first kappa shape index (κ1) is 15.0. The van der Waals surface area contributed by atoms with Gasteiger partial charge in [-0.25, -0.2) is 4.79 Å². The number of carbonyl (C=O) groups excluding carboxylic acids is 2. The number of hydrogen-bond acceptors (Lipinski definition) is 3. The first-order valence-electron chi connectivity index (χ1n) is 6.08. The predicted molar refractivity (Wildman–Crippen MR) is 73.0 cm³/mol. The van der Waals surface area contributed by atoms with Gasteiger partial charge in [-0.05, 0) is 24.0 Å². The predicted octanol–water partition coefficient (Wildman–Crippen LogP) is 1.95. The molecule has 0 aliphatic heterocycles. The standard InChI is InChI=1S/C14H20N2O3/c1-9(12(17)16-13(15)18)19-11-8-6-5-7-10(11)14(2,3)4/h5-9H,1-4H3,(H3,15,16,17,18). The van der Waals surface area contributed by atoms with E-state index in [4.69, 9.17) is 10.5 Å². The van der Waals surface area contributed by atoms with Crippen LogP contribution in [0.5, 0.6) is 5.75 Å². The van der Waals surface area contributed by atoms with Gasteiger partial charge in [-0.1, -0.05) is 39.0 Å². The van der Waals surface area contributed by atoms with Crippen LogP contribution < -0.4 is 15.8 Å². The summed E-state index contributed by atoms with van der Waals surface area (Å²) in [5, 5.41) is 2.00. The molecule has 0 aliphatic rings. The molecule has 0 aliphatic carbocycles. The highest BCUT2D eigenvalue weighted by Gasteiger charge is 2.22. The number of nitrogens with one attached hydrogen (secondary N) is 1. The molecule has 0 radical (unpaired) electrons. The van der Waals surface area contributed by atoms with Crippen molar-refractivity contribution in [3.05, 3.63) is 29.8 Å². The largest absolute Gasteiger partial charge is 0.481 e. The summed E-state index contributed by atoms with van der Waals surface area (Å²) in [6, 6.07) is 6.62. The fourth-order valence-corrected chi connectivity index (χ4v) is 1.66. The third kappa shape index (κ3) is 4.28. The lowest BCUT2D eigenvalue weighted by atomic mass is 9.86. The van der Waals surface area contributed by atoms with E-state index in [1.54, 1.807) is 13.0 Å². The first-order chi connectivity index (χ1) is 8.71. The van der Waals surface area contributed by atoms with E-state index in [1.807, 2.05) is 23.5 Å². The molecule has 19 heavy (non-hydrogen) atoms. The molecular formula is C14H20N2O3. The van der Waals surface area contributed by atoms with Crippen LogP contribution in [0.3, 0.4) is 0 Å². The molecule has 1 unspecified atom stereocenters. The number of nitrogens with two attached hydrogens (primary N) is 1. The molecule has 0 fully saturated rings. The molecule has 3 N–H and O–H groups in total. The molecule has 0 saturated heterocycles. The summed E-state index contributed by atoms with van der Waals surface area (Å²) in [4.78, 5) is 22.2. The van der Waals surface area contributed by atoms with Crippen LogP contribution in [-0.2, 0) is 10.2 Å². The van der Waals surface area contributed by atoms with Crippen LogP contribution >= 0.6 is 0 Å². The lowest BCUT2D eigenvalue weighted by Gasteiger charge is -2.24. The average Bonchev–Trinajstić information content (AvgIpc) is 2.27. The number of amides is 3. The van der Waals surface area contributed by atoms with E-state index >= 15 is 0 Å². The Balaban J connectivity index is 2.88. The Bertz CT molecular complexity index is 478. The fraction of sp³-hybridized carbons (Fsp3) is 0.429. The monoisotopic (exact) mass is 264 g/mol. The van der Waals surface area contributed by atoms with Crippen molar-refractivity contribution in [2.75, 3.05) is 0 Å². The van der Waals surface area contributed by atoms with Crippen molar-refractivity contribution in [1.82, 2.24) is 5.32 Å². The average molecular weight is 264 g/mol. The van der Waals surface area contributed by atoms with Gasteiger partial charge in [0.2, 0.25) is 0 Å². The number of benzene rings is 1. The number of carbonyl (C=O) groups is 2. The summed E-state index contributed by atoms with van der Waals surface area (Å²) < 4.78 is 5.61. The molecular weight excluding hydrogens is 244 g/mol. The van der Waals surface area contributed by atoms with Gasteiger partial charge in [0, 0.05) is 0 Å². The number of urea groups is 1. The summed E-state index contributed by atoms with van der Waals surface area (Å²) in [5.41, 5.74) is 5.79. The number of hydrogen-bond donors (Lipinski definition) is 2. The summed E-state index contributed by atoms with van der Waals surface area (Å²) in [6.07, 6.45) is -0.795. The summed E-state index contributed by atoms with van der Waals surface area (Å²) in [5.74, 6) is 0.0679. The van der Waals surface area contributed by atoms with Gasteiger partial charge in [-0.15, -0.1) is 0 Å². The molecule has 0 saturated carbocycles. The van der Waals surface area contributed by atoms with E-state index < -0.39 is 18.0 Å². The maximum absolute atomic E-state index is 11.6. The van der Waals surface area contributed by atoms with Crippen molar-refractivity contribution in [3.8, 4) is 5.75 Å². The lowest BCUT2D eigenvalue weighted by Crippen LogP contribution is -2.42. The Morgan fingerprint density at radius 1 is 1.26 bits per heavy atom. The van der Waals surface area contributed by atoms with Crippen molar-refractivity contribution in [2.45, 2.75) is 39.2 Å². The van der Waals surface area contributed by atoms with Crippen LogP contribution in [0.1, 0.15) is 33.3 Å². The van der Waals surface area contributed by atoms with Gasteiger partial charge in [-0.3, -0.25) is 10.1 Å². The van der Waals surface area contributed by atoms with E-state index in [1.165, 1.54) is 0 Å². The SMILES string of the molecule is CC(Oc1ccccc1C(C)(C)C)C(=O)NC(N)=O. The molecule has 3 amide bonds. The van der Waals surface area contributed by atoms with Gasteiger partial charge in [0.15, 0.2) is 6.10 Å². The van der Waals surface area contributed by atoms with Crippen LogP contribution in [0, 0.1) is 0 Å². The zero-order valence-corrected chi connectivity index (χ0v) is 11.7. The molecule has 0 aromatic heterocycles. The molecule has 0 bridgehead atoms. The molecule has 5 heteroatoms. The lowest BCUT2D eigenvalue weighted by molar-refractivity contribution is -0.126. The minimum Gasteiger partial charge on any atom is -0.481 e. The molecule has 104 valence electrons. The molecule has 0 spiro atoms. The number of imide groups is 1. The third-order valence-electron chi connectivity index (χ3n) is 2.61. The Morgan fingerprint density at radius 2 is 1.84 bits per heavy atom. The maximum atomic E-state index is 11.6. The highest BCUT2D eigenvalue weighted by Crippen LogP contribution is 2.31. The second kappa shape index (κ2) is 5.73. The van der Waals surface area contributed by atoms with Crippen LogP contribution in [-0.4, -0.2) is 18.0 Å². The van der Waals surface area contributed by atoms with Crippen molar-refractivity contribution in [3.63, 3.8) is 0 Å². The second-order valence-electron chi connectivity index (χ2n) is 5.36. The number of ether oxygens (including phenoxy) is 1. The Kier molecular flexibility index (Phi) is 4.53.